The number of aliphatic carboxylic acids is 3. The molecule has 0 amide bonds. The smallest absolute Gasteiger partial charge is 0.548 e. The van der Waals surface area contributed by atoms with Crippen LogP contribution in [0, 0.1) is 0 Å². The molecule has 0 aromatic carbocycles. The van der Waals surface area contributed by atoms with Crippen molar-refractivity contribution < 1.29 is 45.0 Å². The van der Waals surface area contributed by atoms with Crippen LogP contribution in [-0.4, -0.2) is 77.5 Å². The molecule has 0 saturated carbocycles. The van der Waals surface area contributed by atoms with Gasteiger partial charge in [-0.3, -0.25) is 0 Å². The molecule has 0 fully saturated rings. The molecule has 0 aromatic heterocycles. The molecule has 0 aliphatic heterocycles. The molecule has 0 atom stereocenters. The van der Waals surface area contributed by atoms with E-state index in [0.29, 0.717) is 0 Å². The third-order valence-corrected chi connectivity index (χ3v) is 0.387. The number of hydrogen-bond donors (Lipinski definition) is 3. The van der Waals surface area contributed by atoms with E-state index in [1.54, 1.807) is 0 Å². The zero-order chi connectivity index (χ0) is 14.9. The molecule has 0 bridgehead atoms. The van der Waals surface area contributed by atoms with E-state index in [1.165, 1.54) is 0 Å². The molecule has 0 saturated heterocycles. The van der Waals surface area contributed by atoms with E-state index in [1.807, 2.05) is 0 Å². The Labute approximate surface area is 120 Å². The maximum atomic E-state index is 9.01. The Kier molecular flexibility index (Phi) is 49.7. The molecule has 3 N–H and O–H groups in total. The average molecular weight is 375 g/mol. The molecule has 10 heteroatoms. The molecule has 0 aliphatic rings. The van der Waals surface area contributed by atoms with E-state index >= 15 is 0 Å². The van der Waals surface area contributed by atoms with Gasteiger partial charge < -0.3 is 45.0 Å². The number of carbonyl (C=O) groups is 3. The van der Waals surface area contributed by atoms with Gasteiger partial charge in [-0.1, -0.05) is 0 Å². The van der Waals surface area contributed by atoms with Crippen molar-refractivity contribution >= 4 is 42.3 Å². The fraction of sp³-hybridized carbons (Fsp3) is 0.375. The van der Waals surface area contributed by atoms with Gasteiger partial charge in [-0.15, -0.1) is 13.2 Å². The summed E-state index contributed by atoms with van der Waals surface area (Å²) in [7, 11) is 0. The summed E-state index contributed by atoms with van der Waals surface area (Å²) in [6, 6.07) is 0. The Morgan fingerprint density at radius 3 is 0.778 bits per heavy atom. The molecule has 104 valence electrons. The normalized spacial score (nSPS) is 6.39. The van der Waals surface area contributed by atoms with Gasteiger partial charge in [-0.2, -0.15) is 0 Å². The molecular weight excluding hydrogens is 362 g/mol. The number of hydrogen-bond acceptors (Lipinski definition) is 9. The van der Waals surface area contributed by atoms with E-state index in [4.69, 9.17) is 45.0 Å². The molecular formula is C8H13O9Sb. The van der Waals surface area contributed by atoms with Crippen molar-refractivity contribution in [3.8, 4) is 0 Å². The average Bonchev–Trinajstić information content (AvgIpc) is 2.32. The van der Waals surface area contributed by atoms with Crippen LogP contribution in [-0.2, 0) is 14.4 Å². The fourth-order valence-electron chi connectivity index (χ4n) is 0. The minimum absolute atomic E-state index is 0. The Balaban J connectivity index is -0.0000000427. The van der Waals surface area contributed by atoms with E-state index in [9.17, 15) is 0 Å². The Bertz CT molecular complexity index is 173. The molecule has 0 spiro atoms. The van der Waals surface area contributed by atoms with Crippen LogP contribution in [0.25, 0.3) is 0 Å². The molecule has 18 heavy (non-hydrogen) atoms. The van der Waals surface area contributed by atoms with Crippen molar-refractivity contribution in [3.63, 3.8) is 0 Å². The maximum absolute atomic E-state index is 9.01. The molecule has 0 aliphatic carbocycles. The Hall–Kier alpha value is -1.15. The molecule has 0 unspecified atom stereocenters. The van der Waals surface area contributed by atoms with E-state index < -0.39 is 37.7 Å². The van der Waals surface area contributed by atoms with Gasteiger partial charge in [0.25, 0.3) is 0 Å². The fourth-order valence-corrected chi connectivity index (χ4v) is 0. The Morgan fingerprint density at radius 1 is 0.722 bits per heavy atom. The van der Waals surface area contributed by atoms with E-state index in [2.05, 4.69) is 13.2 Å². The van der Waals surface area contributed by atoms with E-state index in [0.717, 1.165) is 0 Å². The van der Waals surface area contributed by atoms with Crippen LogP contribution in [0.15, 0.2) is 13.2 Å². The first-order valence-electron chi connectivity index (χ1n) is 3.73. The molecule has 0 rings (SSSR count). The first-order chi connectivity index (χ1) is 7.81. The second-order valence-electron chi connectivity index (χ2n) is 1.59. The van der Waals surface area contributed by atoms with Crippen molar-refractivity contribution in [1.29, 1.82) is 0 Å². The van der Waals surface area contributed by atoms with Gasteiger partial charge >= 0.3 is 24.4 Å². The summed E-state index contributed by atoms with van der Waals surface area (Å²) in [5.41, 5.74) is 0. The van der Waals surface area contributed by atoms with Crippen LogP contribution in [0.4, 0.5) is 0 Å². The summed E-state index contributed by atoms with van der Waals surface area (Å²) in [4.78, 5) is 27.0. The summed E-state index contributed by atoms with van der Waals surface area (Å²) >= 11 is 0. The first-order valence-corrected chi connectivity index (χ1v) is 3.73. The predicted octanol–water partition coefficient (Wildman–Crippen LogP) is -6.39. The van der Waals surface area contributed by atoms with Gasteiger partial charge in [-0.05, 0) is 0 Å². The van der Waals surface area contributed by atoms with E-state index in [-0.39, 0.29) is 24.4 Å². The summed E-state index contributed by atoms with van der Waals surface area (Å²) in [6.45, 7) is 3.33. The number of carbonyl (C=O) groups excluding carboxylic acids is 3. The van der Waals surface area contributed by atoms with Gasteiger partial charge in [0.1, 0.15) is 0 Å². The number of aliphatic hydroxyl groups excluding tert-OH is 3. The quantitative estimate of drug-likeness (QED) is 0.319. The summed E-state index contributed by atoms with van der Waals surface area (Å²) in [5.74, 6) is -4.32. The minimum atomic E-state index is -1.44. The third kappa shape index (κ3) is 121. The largest absolute Gasteiger partial charge is 3.00 e. The number of carboxylic acid groups (broad SMARTS) is 3. The standard InChI is InChI=1S/3C2H4O3.C2H4.Sb/c3*3-1-2(4)5;1-2;/h3*3H,1H2,(H,4,5);1-2H2;/q;;;;+3/p-3. The van der Waals surface area contributed by atoms with Gasteiger partial charge in [-0.25, -0.2) is 0 Å². The van der Waals surface area contributed by atoms with Crippen LogP contribution in [0.3, 0.4) is 0 Å². The SMILES string of the molecule is C=C.O=C([O-])CO.O=C([O-])CO.O=C([O-])CO.[Sb+3]. The van der Waals surface area contributed by atoms with Gasteiger partial charge in [0.15, 0.2) is 0 Å². The topological polar surface area (TPSA) is 181 Å². The van der Waals surface area contributed by atoms with Gasteiger partial charge in [0.2, 0.25) is 0 Å². The third-order valence-electron chi connectivity index (χ3n) is 0.387. The monoisotopic (exact) mass is 374 g/mol. The molecule has 0 aromatic rings. The number of carboxylic acids is 3. The van der Waals surface area contributed by atoms with Crippen LogP contribution >= 0.6 is 0 Å². The number of aliphatic hydroxyl groups is 3. The van der Waals surface area contributed by atoms with Crippen LogP contribution < -0.4 is 15.3 Å². The summed E-state index contributed by atoms with van der Waals surface area (Å²) in [5, 5.41) is 49.5. The Morgan fingerprint density at radius 2 is 0.778 bits per heavy atom. The van der Waals surface area contributed by atoms with Gasteiger partial charge in [0, 0.05) is 0 Å². The van der Waals surface area contributed by atoms with Crippen molar-refractivity contribution in [2.45, 2.75) is 0 Å². The molecule has 0 heterocycles. The maximum Gasteiger partial charge on any atom is 3.00 e. The van der Waals surface area contributed by atoms with Crippen molar-refractivity contribution in [3.05, 3.63) is 13.2 Å². The second kappa shape index (κ2) is 29.7. The predicted molar refractivity (Wildman–Crippen MR) is 53.3 cm³/mol. The minimum Gasteiger partial charge on any atom is -0.548 e. The summed E-state index contributed by atoms with van der Waals surface area (Å²) < 4.78 is 0. The molecule has 9 nitrogen and oxygen atoms in total. The van der Waals surface area contributed by atoms with Crippen molar-refractivity contribution in [2.75, 3.05) is 19.8 Å². The molecule has 2 radical (unpaired) electrons. The zero-order valence-corrected chi connectivity index (χ0v) is 11.8. The zero-order valence-electron chi connectivity index (χ0n) is 9.27. The van der Waals surface area contributed by atoms with Crippen molar-refractivity contribution in [2.24, 2.45) is 0 Å². The van der Waals surface area contributed by atoms with Crippen LogP contribution in [0.2, 0.25) is 0 Å². The second-order valence-corrected chi connectivity index (χ2v) is 1.59. The van der Waals surface area contributed by atoms with Crippen molar-refractivity contribution in [1.82, 2.24) is 0 Å². The van der Waals surface area contributed by atoms with Gasteiger partial charge in [0.05, 0.1) is 37.7 Å². The first kappa shape index (κ1) is 30.1. The van der Waals surface area contributed by atoms with Crippen LogP contribution in [0.1, 0.15) is 0 Å². The number of rotatable bonds is 3. The van der Waals surface area contributed by atoms with Crippen LogP contribution in [0.5, 0.6) is 0 Å². The summed E-state index contributed by atoms with van der Waals surface area (Å²) in [6.07, 6.45) is 0.